The van der Waals surface area contributed by atoms with Crippen molar-refractivity contribution >= 4 is 22.1 Å². The predicted octanol–water partition coefficient (Wildman–Crippen LogP) is 5.89. The van der Waals surface area contributed by atoms with Crippen LogP contribution in [0.25, 0.3) is 0 Å². The number of hydrazone groups is 1. The summed E-state index contributed by atoms with van der Waals surface area (Å²) < 4.78 is 113. The molecular weight excluding hydrogens is 508 g/mol. The molecule has 0 atom stereocenters. The van der Waals surface area contributed by atoms with Gasteiger partial charge in [0.1, 0.15) is 12.4 Å². The number of hydrogen-bond acceptors (Lipinski definition) is 4. The molecule has 13 heteroatoms. The topological polar surface area (TPSA) is 42.8 Å². The normalized spacial score (nSPS) is 12.8. The Hall–Kier alpha value is -2.57. The van der Waals surface area contributed by atoms with Crippen LogP contribution in [0, 0.1) is 5.82 Å². The van der Waals surface area contributed by atoms with E-state index in [9.17, 15) is 35.1 Å². The van der Waals surface area contributed by atoms with E-state index in [0.717, 1.165) is 0 Å². The first-order chi connectivity index (χ1) is 14.3. The molecule has 0 heterocycles. The van der Waals surface area contributed by atoms with Crippen LogP contribution in [-0.4, -0.2) is 31.5 Å². The van der Waals surface area contributed by atoms with Crippen LogP contribution in [0.3, 0.4) is 0 Å². The van der Waals surface area contributed by atoms with Gasteiger partial charge in [-0.05, 0) is 39.7 Å². The third-order valence-corrected chi connectivity index (χ3v) is 4.34. The Labute approximate surface area is 179 Å². The van der Waals surface area contributed by atoms with Gasteiger partial charge in [-0.25, -0.2) is 9.82 Å². The number of methoxy groups -OCH3 is 1. The number of halogens is 9. The van der Waals surface area contributed by atoms with E-state index in [0.29, 0.717) is 11.6 Å². The average Bonchev–Trinajstić information content (AvgIpc) is 2.66. The van der Waals surface area contributed by atoms with Gasteiger partial charge in [-0.15, -0.1) is 0 Å². The maximum Gasteiger partial charge on any atom is 0.462 e. The molecule has 0 unspecified atom stereocenters. The molecule has 0 bridgehead atoms. The molecular formula is C18H13BrF8N2O2. The minimum atomic E-state index is -6.48. The molecule has 2 aromatic rings. The number of alkyl halides is 7. The SMILES string of the molecule is COc1cc(/C=N/NC(F)(F)C(F)(F)C(F)(F)F)cc(Br)c1OCc1ccccc1F. The first-order valence-electron chi connectivity index (χ1n) is 8.16. The van der Waals surface area contributed by atoms with Crippen LogP contribution in [0.1, 0.15) is 11.1 Å². The van der Waals surface area contributed by atoms with Crippen molar-refractivity contribution in [2.45, 2.75) is 24.8 Å². The van der Waals surface area contributed by atoms with Crippen LogP contribution in [0.4, 0.5) is 35.1 Å². The van der Waals surface area contributed by atoms with E-state index in [-0.39, 0.29) is 33.7 Å². The Morgan fingerprint density at radius 2 is 1.71 bits per heavy atom. The van der Waals surface area contributed by atoms with Gasteiger partial charge in [0.2, 0.25) is 0 Å². The first kappa shape index (κ1) is 24.7. The summed E-state index contributed by atoms with van der Waals surface area (Å²) in [6, 6.07) is 2.54. The predicted molar refractivity (Wildman–Crippen MR) is 98.1 cm³/mol. The smallest absolute Gasteiger partial charge is 0.462 e. The van der Waals surface area contributed by atoms with E-state index in [1.807, 2.05) is 0 Å². The number of hydrogen-bond donors (Lipinski definition) is 1. The lowest BCUT2D eigenvalue weighted by Gasteiger charge is -2.27. The highest BCUT2D eigenvalue weighted by molar-refractivity contribution is 9.10. The molecule has 2 aromatic carbocycles. The van der Waals surface area contributed by atoms with Gasteiger partial charge in [-0.1, -0.05) is 18.2 Å². The molecule has 170 valence electrons. The fourth-order valence-electron chi connectivity index (χ4n) is 2.16. The first-order valence-corrected chi connectivity index (χ1v) is 8.96. The minimum absolute atomic E-state index is 0.0133. The molecule has 4 nitrogen and oxygen atoms in total. The van der Waals surface area contributed by atoms with Crippen molar-refractivity contribution in [3.63, 3.8) is 0 Å². The monoisotopic (exact) mass is 520 g/mol. The molecule has 0 fully saturated rings. The van der Waals surface area contributed by atoms with E-state index < -0.39 is 24.0 Å². The van der Waals surface area contributed by atoms with Crippen LogP contribution in [0.5, 0.6) is 11.5 Å². The second kappa shape index (κ2) is 9.28. The maximum atomic E-state index is 13.7. The fourth-order valence-corrected chi connectivity index (χ4v) is 2.73. The van der Waals surface area contributed by atoms with E-state index in [1.54, 1.807) is 6.07 Å². The highest BCUT2D eigenvalue weighted by Crippen LogP contribution is 2.45. The largest absolute Gasteiger partial charge is 0.493 e. The fraction of sp³-hybridized carbons (Fsp3) is 0.278. The lowest BCUT2D eigenvalue weighted by Crippen LogP contribution is -2.58. The van der Waals surface area contributed by atoms with Crippen molar-refractivity contribution in [2.24, 2.45) is 5.10 Å². The molecule has 0 saturated heterocycles. The molecule has 0 radical (unpaired) electrons. The van der Waals surface area contributed by atoms with Gasteiger partial charge < -0.3 is 9.47 Å². The van der Waals surface area contributed by atoms with Gasteiger partial charge in [-0.3, -0.25) is 0 Å². The summed E-state index contributed by atoms with van der Waals surface area (Å²) in [5, 5.41) is 2.77. The Morgan fingerprint density at radius 1 is 1.06 bits per heavy atom. The highest BCUT2D eigenvalue weighted by atomic mass is 79.9. The lowest BCUT2D eigenvalue weighted by atomic mass is 10.2. The van der Waals surface area contributed by atoms with Crippen molar-refractivity contribution in [3.8, 4) is 11.5 Å². The van der Waals surface area contributed by atoms with Gasteiger partial charge in [-0.2, -0.15) is 35.8 Å². The van der Waals surface area contributed by atoms with E-state index in [2.05, 4.69) is 21.0 Å². The van der Waals surface area contributed by atoms with E-state index >= 15 is 0 Å². The summed E-state index contributed by atoms with van der Waals surface area (Å²) in [4.78, 5) is 0. The number of ether oxygens (including phenoxy) is 2. The zero-order valence-corrected chi connectivity index (χ0v) is 17.0. The Balaban J connectivity index is 2.18. The van der Waals surface area contributed by atoms with Crippen molar-refractivity contribution in [3.05, 3.63) is 57.8 Å². The van der Waals surface area contributed by atoms with Crippen LogP contribution < -0.4 is 14.9 Å². The molecule has 31 heavy (non-hydrogen) atoms. The van der Waals surface area contributed by atoms with Crippen molar-refractivity contribution < 1.29 is 44.6 Å². The summed E-state index contributed by atoms with van der Waals surface area (Å²) >= 11 is 3.12. The third kappa shape index (κ3) is 5.57. The molecule has 2 rings (SSSR count). The molecule has 0 amide bonds. The minimum Gasteiger partial charge on any atom is -0.493 e. The number of nitrogens with zero attached hydrogens (tertiary/aromatic N) is 1. The van der Waals surface area contributed by atoms with Crippen LogP contribution in [0.2, 0.25) is 0 Å². The van der Waals surface area contributed by atoms with Crippen LogP contribution >= 0.6 is 15.9 Å². The summed E-state index contributed by atoms with van der Waals surface area (Å²) in [5.41, 5.74) is 0.738. The Kier molecular flexibility index (Phi) is 7.40. The highest BCUT2D eigenvalue weighted by Gasteiger charge is 2.73. The zero-order chi connectivity index (χ0) is 23.4. The van der Waals surface area contributed by atoms with Gasteiger partial charge in [0.05, 0.1) is 17.8 Å². The molecule has 0 aliphatic heterocycles. The second-order valence-corrected chi connectivity index (χ2v) is 6.79. The molecule has 0 aliphatic carbocycles. The summed E-state index contributed by atoms with van der Waals surface area (Å²) in [7, 11) is 1.23. The van der Waals surface area contributed by atoms with Gasteiger partial charge in [0.25, 0.3) is 0 Å². The van der Waals surface area contributed by atoms with E-state index in [1.165, 1.54) is 37.4 Å². The summed E-state index contributed by atoms with van der Waals surface area (Å²) in [6.45, 7) is -0.185. The van der Waals surface area contributed by atoms with Gasteiger partial charge in [0.15, 0.2) is 11.5 Å². The molecule has 0 saturated carbocycles. The standard InChI is InChI=1S/C18H13BrF8N2O2/c1-30-14-7-10(8-28-29-18(26,27)16(21,22)17(23,24)25)6-12(19)15(14)31-9-11-4-2-3-5-13(11)20/h2-8,29H,9H2,1H3/b28-8+. The number of benzene rings is 2. The number of nitrogens with one attached hydrogen (secondary N) is 1. The van der Waals surface area contributed by atoms with E-state index in [4.69, 9.17) is 9.47 Å². The molecule has 0 spiro atoms. The Bertz CT molecular complexity index is 951. The quantitative estimate of drug-likeness (QED) is 0.204. The van der Waals surface area contributed by atoms with Gasteiger partial charge >= 0.3 is 18.1 Å². The maximum absolute atomic E-state index is 13.7. The second-order valence-electron chi connectivity index (χ2n) is 5.93. The van der Waals surface area contributed by atoms with Crippen molar-refractivity contribution in [1.82, 2.24) is 5.43 Å². The summed E-state index contributed by atoms with van der Waals surface area (Å²) in [6.07, 6.45) is -5.91. The van der Waals surface area contributed by atoms with Crippen LogP contribution in [-0.2, 0) is 6.61 Å². The number of rotatable bonds is 8. The average molecular weight is 521 g/mol. The molecule has 1 N–H and O–H groups in total. The van der Waals surface area contributed by atoms with Crippen LogP contribution in [0.15, 0.2) is 46.0 Å². The zero-order valence-electron chi connectivity index (χ0n) is 15.4. The lowest BCUT2D eigenvalue weighted by molar-refractivity contribution is -0.361. The van der Waals surface area contributed by atoms with Crippen molar-refractivity contribution in [1.29, 1.82) is 0 Å². The third-order valence-electron chi connectivity index (χ3n) is 3.75. The molecule has 0 aliphatic rings. The summed E-state index contributed by atoms with van der Waals surface area (Å²) in [5.74, 6) is -6.73. The van der Waals surface area contributed by atoms with Gasteiger partial charge in [0, 0.05) is 5.56 Å². The van der Waals surface area contributed by atoms with Crippen molar-refractivity contribution in [2.75, 3.05) is 7.11 Å². The molecule has 0 aromatic heterocycles. The Morgan fingerprint density at radius 3 is 2.29 bits per heavy atom.